The first-order valence-corrected chi connectivity index (χ1v) is 8.16. The third-order valence-electron chi connectivity index (χ3n) is 3.04. The number of morpholine rings is 1. The van der Waals surface area contributed by atoms with Gasteiger partial charge < -0.3 is 10.1 Å². The van der Waals surface area contributed by atoms with Crippen LogP contribution in [0, 0.1) is 0 Å². The molecule has 18 heavy (non-hydrogen) atoms. The molecule has 1 N–H and O–H groups in total. The Labute approximate surface area is 126 Å². The Kier molecular flexibility index (Phi) is 5.92. The maximum Gasteiger partial charge on any atom is 0.107 e. The number of hydrogen-bond donors (Lipinski definition) is 1. The van der Waals surface area contributed by atoms with E-state index in [1.165, 1.54) is 4.88 Å². The SMILES string of the molecule is CCN1CCOC(CNCc2cc(Br)c(Cl)s2)C1. The molecule has 1 atom stereocenters. The van der Waals surface area contributed by atoms with E-state index in [1.54, 1.807) is 11.3 Å². The molecule has 1 aliphatic heterocycles. The lowest BCUT2D eigenvalue weighted by molar-refractivity contribution is -0.0253. The number of ether oxygens (including phenoxy) is 1. The Morgan fingerprint density at radius 3 is 3.17 bits per heavy atom. The summed E-state index contributed by atoms with van der Waals surface area (Å²) in [4.78, 5) is 3.67. The van der Waals surface area contributed by atoms with E-state index in [4.69, 9.17) is 16.3 Å². The van der Waals surface area contributed by atoms with E-state index in [0.717, 1.165) is 48.1 Å². The molecule has 1 fully saturated rings. The van der Waals surface area contributed by atoms with Crippen molar-refractivity contribution in [2.75, 3.05) is 32.8 Å². The summed E-state index contributed by atoms with van der Waals surface area (Å²) in [6.07, 6.45) is 0.303. The number of halogens is 2. The molecular weight excluding hydrogens is 336 g/mol. The third kappa shape index (κ3) is 4.18. The Hall–Kier alpha value is 0.350. The molecule has 0 aromatic carbocycles. The number of nitrogens with zero attached hydrogens (tertiary/aromatic N) is 1. The largest absolute Gasteiger partial charge is 0.374 e. The highest BCUT2D eigenvalue weighted by Gasteiger charge is 2.18. The monoisotopic (exact) mass is 352 g/mol. The fourth-order valence-electron chi connectivity index (χ4n) is 2.03. The van der Waals surface area contributed by atoms with E-state index in [0.29, 0.717) is 6.10 Å². The van der Waals surface area contributed by atoms with Crippen LogP contribution in [0.2, 0.25) is 4.34 Å². The average Bonchev–Trinajstić information content (AvgIpc) is 2.69. The number of nitrogens with one attached hydrogen (secondary N) is 1. The van der Waals surface area contributed by atoms with Crippen LogP contribution >= 0.6 is 38.9 Å². The van der Waals surface area contributed by atoms with Crippen molar-refractivity contribution in [3.8, 4) is 0 Å². The summed E-state index contributed by atoms with van der Waals surface area (Å²) < 4.78 is 7.54. The molecule has 0 bridgehead atoms. The van der Waals surface area contributed by atoms with Crippen LogP contribution in [0.1, 0.15) is 11.8 Å². The normalized spacial score (nSPS) is 21.4. The van der Waals surface area contributed by atoms with E-state index >= 15 is 0 Å². The number of likely N-dealkylation sites (N-methyl/N-ethyl adjacent to an activating group) is 1. The second-order valence-corrected chi connectivity index (χ2v) is 6.94. The van der Waals surface area contributed by atoms with Crippen LogP contribution < -0.4 is 5.32 Å². The molecule has 1 aromatic heterocycles. The minimum atomic E-state index is 0.303. The zero-order chi connectivity index (χ0) is 13.0. The first-order valence-electron chi connectivity index (χ1n) is 6.17. The van der Waals surface area contributed by atoms with Crippen LogP contribution in [0.5, 0.6) is 0 Å². The third-order valence-corrected chi connectivity index (χ3v) is 5.51. The molecular formula is C12H18BrClN2OS. The van der Waals surface area contributed by atoms with Gasteiger partial charge in [-0.1, -0.05) is 18.5 Å². The summed E-state index contributed by atoms with van der Waals surface area (Å²) >= 11 is 11.0. The standard InChI is InChI=1S/C12H18BrClN2OS/c1-2-16-3-4-17-9(8-16)6-15-7-10-5-11(13)12(14)18-10/h5,9,15H,2-4,6-8H2,1H3. The first-order chi connectivity index (χ1) is 8.69. The molecule has 0 saturated carbocycles. The van der Waals surface area contributed by atoms with Gasteiger partial charge in [0.15, 0.2) is 0 Å². The van der Waals surface area contributed by atoms with Gasteiger partial charge in [0.1, 0.15) is 4.34 Å². The van der Waals surface area contributed by atoms with Crippen molar-refractivity contribution in [1.29, 1.82) is 0 Å². The molecule has 1 saturated heterocycles. The van der Waals surface area contributed by atoms with E-state index in [1.807, 2.05) is 0 Å². The predicted octanol–water partition coefficient (Wildman–Crippen LogP) is 2.97. The van der Waals surface area contributed by atoms with Crippen molar-refractivity contribution < 1.29 is 4.74 Å². The Morgan fingerprint density at radius 1 is 1.67 bits per heavy atom. The summed E-state index contributed by atoms with van der Waals surface area (Å²) in [6.45, 7) is 7.97. The van der Waals surface area contributed by atoms with Crippen molar-refractivity contribution >= 4 is 38.9 Å². The molecule has 3 nitrogen and oxygen atoms in total. The van der Waals surface area contributed by atoms with E-state index in [2.05, 4.69) is 39.1 Å². The van der Waals surface area contributed by atoms with Crippen LogP contribution in [0.3, 0.4) is 0 Å². The molecule has 0 aliphatic carbocycles. The summed E-state index contributed by atoms with van der Waals surface area (Å²) in [5.41, 5.74) is 0. The van der Waals surface area contributed by atoms with Gasteiger partial charge in [-0.2, -0.15) is 0 Å². The molecule has 2 rings (SSSR count). The van der Waals surface area contributed by atoms with Gasteiger partial charge in [-0.25, -0.2) is 0 Å². The molecule has 1 aromatic rings. The minimum Gasteiger partial charge on any atom is -0.374 e. The van der Waals surface area contributed by atoms with Gasteiger partial charge in [0.2, 0.25) is 0 Å². The molecule has 102 valence electrons. The maximum atomic E-state index is 6.01. The van der Waals surface area contributed by atoms with Crippen molar-refractivity contribution in [3.05, 3.63) is 19.8 Å². The lowest BCUT2D eigenvalue weighted by atomic mass is 10.2. The van der Waals surface area contributed by atoms with Crippen molar-refractivity contribution in [2.45, 2.75) is 19.6 Å². The lowest BCUT2D eigenvalue weighted by Crippen LogP contribution is -2.46. The molecule has 0 spiro atoms. The Balaban J connectivity index is 1.71. The maximum absolute atomic E-state index is 6.01. The van der Waals surface area contributed by atoms with E-state index in [9.17, 15) is 0 Å². The summed E-state index contributed by atoms with van der Waals surface area (Å²) in [5, 5.41) is 3.44. The van der Waals surface area contributed by atoms with E-state index < -0.39 is 0 Å². The fraction of sp³-hybridized carbons (Fsp3) is 0.667. The van der Waals surface area contributed by atoms with Gasteiger partial charge in [0.25, 0.3) is 0 Å². The van der Waals surface area contributed by atoms with Gasteiger partial charge in [0, 0.05) is 35.5 Å². The smallest absolute Gasteiger partial charge is 0.107 e. The lowest BCUT2D eigenvalue weighted by Gasteiger charge is -2.32. The van der Waals surface area contributed by atoms with Crippen molar-refractivity contribution in [1.82, 2.24) is 10.2 Å². The van der Waals surface area contributed by atoms with Crippen LogP contribution in [0.25, 0.3) is 0 Å². The van der Waals surface area contributed by atoms with Crippen molar-refractivity contribution in [2.24, 2.45) is 0 Å². The topological polar surface area (TPSA) is 24.5 Å². The molecule has 1 aliphatic rings. The predicted molar refractivity (Wildman–Crippen MR) is 80.6 cm³/mol. The van der Waals surface area contributed by atoms with Crippen LogP contribution in [0.15, 0.2) is 10.5 Å². The Morgan fingerprint density at radius 2 is 2.50 bits per heavy atom. The van der Waals surface area contributed by atoms with Gasteiger partial charge in [-0.15, -0.1) is 11.3 Å². The highest BCUT2D eigenvalue weighted by molar-refractivity contribution is 9.10. The zero-order valence-corrected chi connectivity index (χ0v) is 13.6. The molecule has 0 radical (unpaired) electrons. The highest BCUT2D eigenvalue weighted by atomic mass is 79.9. The molecule has 1 unspecified atom stereocenters. The minimum absolute atomic E-state index is 0.303. The van der Waals surface area contributed by atoms with Gasteiger partial charge in [-0.3, -0.25) is 4.90 Å². The van der Waals surface area contributed by atoms with Crippen LogP contribution in [0.4, 0.5) is 0 Å². The second kappa shape index (κ2) is 7.22. The summed E-state index contributed by atoms with van der Waals surface area (Å²) in [5.74, 6) is 0. The molecule has 6 heteroatoms. The van der Waals surface area contributed by atoms with Crippen molar-refractivity contribution in [3.63, 3.8) is 0 Å². The zero-order valence-electron chi connectivity index (χ0n) is 10.4. The quantitative estimate of drug-likeness (QED) is 0.881. The number of hydrogen-bond acceptors (Lipinski definition) is 4. The second-order valence-electron chi connectivity index (χ2n) is 4.35. The fourth-order valence-corrected chi connectivity index (χ4v) is 3.79. The van der Waals surface area contributed by atoms with Gasteiger partial charge in [0.05, 0.1) is 12.7 Å². The van der Waals surface area contributed by atoms with Gasteiger partial charge >= 0.3 is 0 Å². The summed E-state index contributed by atoms with van der Waals surface area (Å²) in [6, 6.07) is 2.07. The molecule has 0 amide bonds. The summed E-state index contributed by atoms with van der Waals surface area (Å²) in [7, 11) is 0. The molecule has 2 heterocycles. The van der Waals surface area contributed by atoms with Crippen LogP contribution in [-0.2, 0) is 11.3 Å². The van der Waals surface area contributed by atoms with Gasteiger partial charge in [-0.05, 0) is 28.5 Å². The van der Waals surface area contributed by atoms with E-state index in [-0.39, 0.29) is 0 Å². The highest BCUT2D eigenvalue weighted by Crippen LogP contribution is 2.31. The average molecular weight is 354 g/mol. The Bertz CT molecular complexity index is 369. The van der Waals surface area contributed by atoms with Crippen LogP contribution in [-0.4, -0.2) is 43.8 Å². The first kappa shape index (κ1) is 14.8. The number of rotatable bonds is 5. The number of thiophene rings is 1.